The van der Waals surface area contributed by atoms with E-state index in [0.29, 0.717) is 17.3 Å². The van der Waals surface area contributed by atoms with Crippen LogP contribution in [-0.2, 0) is 4.79 Å². The highest BCUT2D eigenvalue weighted by atomic mass is 16.5. The van der Waals surface area contributed by atoms with Crippen molar-refractivity contribution in [3.05, 3.63) is 48.1 Å². The number of carbonyl (C=O) groups is 2. The van der Waals surface area contributed by atoms with Crippen LogP contribution in [0.3, 0.4) is 0 Å². The van der Waals surface area contributed by atoms with Crippen molar-refractivity contribution in [2.24, 2.45) is 5.92 Å². The quantitative estimate of drug-likeness (QED) is 0.462. The van der Waals surface area contributed by atoms with Gasteiger partial charge in [0.15, 0.2) is 0 Å². The maximum atomic E-state index is 12.4. The predicted octanol–water partition coefficient (Wildman–Crippen LogP) is 3.61. The number of nitrogens with one attached hydrogen (secondary N) is 2. The molecule has 3 aromatic rings. The number of ether oxygens (including phenoxy) is 1. The first-order chi connectivity index (χ1) is 16.0. The Labute approximate surface area is 189 Å². The summed E-state index contributed by atoms with van der Waals surface area (Å²) in [4.78, 5) is 31.3. The van der Waals surface area contributed by atoms with Crippen LogP contribution in [-0.4, -0.2) is 44.3 Å². The lowest BCUT2D eigenvalue weighted by atomic mass is 9.77. The third kappa shape index (κ3) is 5.82. The van der Waals surface area contributed by atoms with E-state index in [4.69, 9.17) is 14.3 Å². The van der Waals surface area contributed by atoms with Gasteiger partial charge in [0.05, 0.1) is 25.2 Å². The first-order valence-corrected chi connectivity index (χ1v) is 10.6. The number of carbonyl (C=O) groups excluding carboxylic acids is 1. The average Bonchev–Trinajstić information content (AvgIpc) is 3.29. The molecule has 11 nitrogen and oxygen atoms in total. The number of methoxy groups -OCH3 is 1. The Balaban J connectivity index is 1.30. The van der Waals surface area contributed by atoms with Crippen LogP contribution >= 0.6 is 0 Å². The zero-order valence-corrected chi connectivity index (χ0v) is 18.0. The van der Waals surface area contributed by atoms with Gasteiger partial charge in [-0.1, -0.05) is 17.2 Å². The Bertz CT molecular complexity index is 1090. The van der Waals surface area contributed by atoms with E-state index >= 15 is 0 Å². The molecule has 0 unspecified atom stereocenters. The number of amides is 1. The highest BCUT2D eigenvalue weighted by molar-refractivity contribution is 6.00. The Hall–Kier alpha value is -4.02. The fraction of sp³-hybridized carbons (Fsp3) is 0.364. The molecule has 3 N–H and O–H groups in total. The van der Waals surface area contributed by atoms with Crippen molar-refractivity contribution < 1.29 is 23.8 Å². The third-order valence-corrected chi connectivity index (χ3v) is 5.63. The normalized spacial score (nSPS) is 17.8. The summed E-state index contributed by atoms with van der Waals surface area (Å²) >= 11 is 0. The standard InChI is InChI=1S/C22H24N6O5/c1-32-21-23-11-17(12-24-21)26-22-28-27-20(33-22)19(31)25-16-8-6-15(7-9-16)14-4-2-13(3-5-14)10-18(29)30/h6-9,11-14H,2-5,10H2,1H3,(H,25,31)(H,26,28)(H,29,30). The molecule has 4 rings (SSSR count). The number of benzene rings is 1. The van der Waals surface area contributed by atoms with Gasteiger partial charge in [-0.15, -0.1) is 5.10 Å². The molecular weight excluding hydrogens is 428 g/mol. The number of carboxylic acid groups (broad SMARTS) is 1. The van der Waals surface area contributed by atoms with Crippen LogP contribution in [0.4, 0.5) is 17.4 Å². The van der Waals surface area contributed by atoms with Gasteiger partial charge in [-0.2, -0.15) is 0 Å². The molecule has 2 aromatic heterocycles. The lowest BCUT2D eigenvalue weighted by Crippen LogP contribution is -2.16. The van der Waals surface area contributed by atoms with Gasteiger partial charge in [-0.25, -0.2) is 9.97 Å². The minimum Gasteiger partial charge on any atom is -0.481 e. The van der Waals surface area contributed by atoms with Crippen molar-refractivity contribution in [2.75, 3.05) is 17.7 Å². The van der Waals surface area contributed by atoms with Gasteiger partial charge in [0.25, 0.3) is 0 Å². The monoisotopic (exact) mass is 452 g/mol. The van der Waals surface area contributed by atoms with Gasteiger partial charge in [-0.3, -0.25) is 9.59 Å². The maximum absolute atomic E-state index is 12.4. The zero-order valence-electron chi connectivity index (χ0n) is 18.0. The van der Waals surface area contributed by atoms with Crippen LogP contribution in [0.1, 0.15) is 54.3 Å². The van der Waals surface area contributed by atoms with E-state index in [9.17, 15) is 9.59 Å². The number of rotatable bonds is 8. The molecule has 0 spiro atoms. The number of aromatic nitrogens is 4. The van der Waals surface area contributed by atoms with Gasteiger partial charge >= 0.3 is 29.8 Å². The van der Waals surface area contributed by atoms with Crippen LogP contribution < -0.4 is 15.4 Å². The molecule has 1 fully saturated rings. The summed E-state index contributed by atoms with van der Waals surface area (Å²) in [5, 5.41) is 22.1. The number of carboxylic acids is 1. The van der Waals surface area contributed by atoms with Crippen LogP contribution in [0.5, 0.6) is 6.01 Å². The highest BCUT2D eigenvalue weighted by Gasteiger charge is 2.24. The van der Waals surface area contributed by atoms with E-state index in [1.165, 1.54) is 25.1 Å². The zero-order chi connectivity index (χ0) is 23.2. The Morgan fingerprint density at radius 3 is 2.39 bits per heavy atom. The molecule has 11 heteroatoms. The molecule has 0 radical (unpaired) electrons. The van der Waals surface area contributed by atoms with Crippen molar-refractivity contribution in [1.82, 2.24) is 20.2 Å². The smallest absolute Gasteiger partial charge is 0.320 e. The van der Waals surface area contributed by atoms with Crippen molar-refractivity contribution >= 4 is 29.3 Å². The van der Waals surface area contributed by atoms with Crippen molar-refractivity contribution in [3.63, 3.8) is 0 Å². The summed E-state index contributed by atoms with van der Waals surface area (Å²) in [7, 11) is 1.47. The van der Waals surface area contributed by atoms with Crippen LogP contribution in [0, 0.1) is 5.92 Å². The van der Waals surface area contributed by atoms with Crippen molar-refractivity contribution in [1.29, 1.82) is 0 Å². The molecule has 2 heterocycles. The average molecular weight is 452 g/mol. The predicted molar refractivity (Wildman–Crippen MR) is 118 cm³/mol. The lowest BCUT2D eigenvalue weighted by Gasteiger charge is -2.28. The molecule has 1 amide bonds. The number of nitrogens with zero attached hydrogens (tertiary/aromatic N) is 4. The minimum atomic E-state index is -0.725. The maximum Gasteiger partial charge on any atom is 0.320 e. The topological polar surface area (TPSA) is 152 Å². The molecule has 1 aliphatic carbocycles. The molecule has 0 saturated heterocycles. The van der Waals surface area contributed by atoms with Gasteiger partial charge < -0.3 is 24.9 Å². The number of anilines is 3. The number of hydrogen-bond acceptors (Lipinski definition) is 9. The Morgan fingerprint density at radius 1 is 1.06 bits per heavy atom. The van der Waals surface area contributed by atoms with E-state index < -0.39 is 11.9 Å². The lowest BCUT2D eigenvalue weighted by molar-refractivity contribution is -0.138. The fourth-order valence-electron chi connectivity index (χ4n) is 3.95. The molecular formula is C22H24N6O5. The second kappa shape index (κ2) is 10.1. The van der Waals surface area contributed by atoms with Crippen LogP contribution in [0.25, 0.3) is 0 Å². The molecule has 1 aromatic carbocycles. The molecule has 1 saturated carbocycles. The fourth-order valence-corrected chi connectivity index (χ4v) is 3.95. The van der Waals surface area contributed by atoms with Gasteiger partial charge in [0.1, 0.15) is 0 Å². The first kappa shape index (κ1) is 22.2. The summed E-state index contributed by atoms with van der Waals surface area (Å²) < 4.78 is 10.3. The number of aliphatic carboxylic acids is 1. The summed E-state index contributed by atoms with van der Waals surface area (Å²) in [5.74, 6) is -0.761. The van der Waals surface area contributed by atoms with Crippen molar-refractivity contribution in [2.45, 2.75) is 38.0 Å². The van der Waals surface area contributed by atoms with Gasteiger partial charge in [0.2, 0.25) is 0 Å². The van der Waals surface area contributed by atoms with Crippen LogP contribution in [0.2, 0.25) is 0 Å². The van der Waals surface area contributed by atoms with Crippen molar-refractivity contribution in [3.8, 4) is 6.01 Å². The summed E-state index contributed by atoms with van der Waals surface area (Å²) in [6.45, 7) is 0. The molecule has 1 aliphatic rings. The van der Waals surface area contributed by atoms with Gasteiger partial charge in [0, 0.05) is 12.1 Å². The second-order valence-electron chi connectivity index (χ2n) is 7.89. The Kier molecular flexibility index (Phi) is 6.77. The molecule has 0 atom stereocenters. The largest absolute Gasteiger partial charge is 0.481 e. The van der Waals surface area contributed by atoms with E-state index in [1.54, 1.807) is 0 Å². The minimum absolute atomic E-state index is 0.0303. The van der Waals surface area contributed by atoms with E-state index in [1.807, 2.05) is 24.3 Å². The highest BCUT2D eigenvalue weighted by Crippen LogP contribution is 2.37. The van der Waals surface area contributed by atoms with E-state index in [-0.39, 0.29) is 30.3 Å². The third-order valence-electron chi connectivity index (χ3n) is 5.63. The first-order valence-electron chi connectivity index (χ1n) is 10.6. The summed E-state index contributed by atoms with van der Waals surface area (Å²) in [6, 6.07) is 7.90. The molecule has 0 bridgehead atoms. The molecule has 33 heavy (non-hydrogen) atoms. The van der Waals surface area contributed by atoms with E-state index in [2.05, 4.69) is 30.8 Å². The summed E-state index contributed by atoms with van der Waals surface area (Å²) in [5.41, 5.74) is 2.30. The van der Waals surface area contributed by atoms with E-state index in [0.717, 1.165) is 25.7 Å². The number of hydrogen-bond donors (Lipinski definition) is 3. The van der Waals surface area contributed by atoms with Gasteiger partial charge in [-0.05, 0) is 55.2 Å². The molecule has 0 aliphatic heterocycles. The van der Waals surface area contributed by atoms with Crippen LogP contribution in [0.15, 0.2) is 41.1 Å². The summed E-state index contributed by atoms with van der Waals surface area (Å²) in [6.07, 6.45) is 7.00. The molecule has 172 valence electrons. The Morgan fingerprint density at radius 2 is 1.76 bits per heavy atom. The second-order valence-corrected chi connectivity index (χ2v) is 7.89. The SMILES string of the molecule is COc1ncc(Nc2nnc(C(=O)Nc3ccc(C4CCC(CC(=O)O)CC4)cc3)o2)cn1.